The minimum atomic E-state index is -0.498. The summed E-state index contributed by atoms with van der Waals surface area (Å²) in [6.45, 7) is 12.1. The fraction of sp³-hybridized carbons (Fsp3) is 0.456. The number of rotatable bonds is 6. The third-order valence-corrected chi connectivity index (χ3v) is 17.6. The van der Waals surface area contributed by atoms with E-state index in [9.17, 15) is 14.4 Å². The van der Waals surface area contributed by atoms with Crippen LogP contribution >= 0.6 is 86.9 Å². The lowest BCUT2D eigenvalue weighted by Crippen LogP contribution is -2.43. The summed E-state index contributed by atoms with van der Waals surface area (Å²) in [5, 5.41) is 14.5. The van der Waals surface area contributed by atoms with Crippen molar-refractivity contribution in [2.45, 2.75) is 90.6 Å². The number of likely N-dealkylation sites (tertiary alicyclic amines) is 3. The second-order valence-electron chi connectivity index (χ2n) is 21.2. The molecule has 73 heavy (non-hydrogen) atoms. The molecule has 0 bridgehead atoms. The number of benzene rings is 2. The monoisotopic (exact) mass is 1280 g/mol. The molecule has 2 aromatic rings. The van der Waals surface area contributed by atoms with E-state index in [2.05, 4.69) is 110 Å². The minimum absolute atomic E-state index is 0.220. The summed E-state index contributed by atoms with van der Waals surface area (Å²) in [6, 6.07) is 7.95. The van der Waals surface area contributed by atoms with E-state index in [0.29, 0.717) is 59.6 Å². The smallest absolute Gasteiger partial charge is 0.410 e. The van der Waals surface area contributed by atoms with E-state index in [-0.39, 0.29) is 17.9 Å². The van der Waals surface area contributed by atoms with Gasteiger partial charge in [-0.2, -0.15) is 12.4 Å². The van der Waals surface area contributed by atoms with Gasteiger partial charge in [0.05, 0.1) is 0 Å². The van der Waals surface area contributed by atoms with Crippen LogP contribution in [0.25, 0.3) is 33.9 Å². The topological polar surface area (TPSA) is 110 Å². The van der Waals surface area contributed by atoms with Crippen molar-refractivity contribution in [2.75, 3.05) is 52.4 Å². The van der Waals surface area contributed by atoms with E-state index in [0.717, 1.165) is 148 Å². The van der Waals surface area contributed by atoms with Crippen LogP contribution in [0.1, 0.15) is 107 Å². The van der Waals surface area contributed by atoms with Gasteiger partial charge in [0.15, 0.2) is 0 Å². The van der Waals surface area contributed by atoms with Crippen molar-refractivity contribution >= 4 is 128 Å². The number of piperidine rings is 4. The first kappa shape index (κ1) is 54.4. The van der Waals surface area contributed by atoms with Gasteiger partial charge in [0.2, 0.25) is 11.8 Å². The molecular formula is C57H62Br4Cl2N6O4-2. The number of carbonyl (C=O) groups excluding carboxylic acids is 3. The molecule has 0 saturated carbocycles. The molecule has 16 heteroatoms. The summed E-state index contributed by atoms with van der Waals surface area (Å²) < 4.78 is 9.37. The number of nitrogens with zero attached hydrogens (tertiary/aromatic N) is 5. The number of amides is 3. The first-order chi connectivity index (χ1) is 35.0. The van der Waals surface area contributed by atoms with Crippen molar-refractivity contribution in [3.63, 3.8) is 0 Å². The van der Waals surface area contributed by atoms with E-state index in [4.69, 9.17) is 38.6 Å². The highest BCUT2D eigenvalue weighted by Crippen LogP contribution is 2.49. The van der Waals surface area contributed by atoms with Crippen molar-refractivity contribution < 1.29 is 19.1 Å². The second kappa shape index (κ2) is 23.9. The van der Waals surface area contributed by atoms with Gasteiger partial charge in [0.1, 0.15) is 5.60 Å². The fourth-order valence-corrected chi connectivity index (χ4v) is 14.1. The molecule has 2 aliphatic carbocycles. The summed E-state index contributed by atoms with van der Waals surface area (Å²) in [5.74, 6) is 1.97. The summed E-state index contributed by atoms with van der Waals surface area (Å²) in [7, 11) is 0. The fourth-order valence-electron chi connectivity index (χ4n) is 11.3. The minimum Gasteiger partial charge on any atom is -0.662 e. The van der Waals surface area contributed by atoms with E-state index in [1.165, 1.54) is 16.7 Å². The van der Waals surface area contributed by atoms with E-state index in [1.807, 2.05) is 62.3 Å². The molecule has 0 aromatic heterocycles. The molecule has 4 saturated heterocycles. The maximum atomic E-state index is 13.3. The van der Waals surface area contributed by atoms with Gasteiger partial charge < -0.3 is 35.4 Å². The zero-order valence-electron chi connectivity index (χ0n) is 41.6. The maximum Gasteiger partial charge on any atom is 0.410 e. The molecule has 0 atom stereocenters. The quantitative estimate of drug-likeness (QED) is 0.310. The number of fused-ring (bicyclic) bond motifs is 4. The number of carbonyl (C=O) groups is 3. The van der Waals surface area contributed by atoms with Crippen molar-refractivity contribution in [3.05, 3.63) is 144 Å². The lowest BCUT2D eigenvalue weighted by Gasteiger charge is -2.39. The SMILES string of the molecule is CC(C)(C)OC(=O)N1CCC(CC(=O)N2CCC(C3=C4[N-]C=C(Br)C=C4C=Cc4cc(Cl)cc(Br)c43)CC2)CC1.O=C(CC1CCNCC1)N1CCC(C2=C3[N-]C=C(Br)C=C3C=Cc3cc(Cl)cc(Br)c32)CC1. The van der Waals surface area contributed by atoms with Crippen LogP contribution in [0.5, 0.6) is 0 Å². The normalized spacial score (nSPS) is 20.9. The van der Waals surface area contributed by atoms with E-state index >= 15 is 0 Å². The van der Waals surface area contributed by atoms with Gasteiger partial charge in [-0.15, -0.1) is 11.4 Å². The van der Waals surface area contributed by atoms with Crippen LogP contribution in [0.15, 0.2) is 101 Å². The molecule has 0 radical (unpaired) electrons. The Morgan fingerprint density at radius 2 is 1.01 bits per heavy atom. The predicted octanol–water partition coefficient (Wildman–Crippen LogP) is 15.7. The molecular weight excluding hydrogens is 1220 g/mol. The average molecular weight is 1290 g/mol. The van der Waals surface area contributed by atoms with Crippen LogP contribution in [0.3, 0.4) is 0 Å². The summed E-state index contributed by atoms with van der Waals surface area (Å²) in [6.07, 6.45) is 24.9. The molecule has 388 valence electrons. The molecule has 8 aliphatic rings. The summed E-state index contributed by atoms with van der Waals surface area (Å²) in [4.78, 5) is 44.5. The molecule has 10 nitrogen and oxygen atoms in total. The van der Waals surface area contributed by atoms with Gasteiger partial charge in [0, 0.05) is 71.1 Å². The number of halogens is 6. The summed E-state index contributed by atoms with van der Waals surface area (Å²) in [5.41, 5.74) is 10.6. The van der Waals surface area contributed by atoms with E-state index in [1.54, 1.807) is 4.90 Å². The highest BCUT2D eigenvalue weighted by atomic mass is 79.9. The van der Waals surface area contributed by atoms with Gasteiger partial charge in [0.25, 0.3) is 0 Å². The van der Waals surface area contributed by atoms with Crippen LogP contribution in [0.4, 0.5) is 4.79 Å². The first-order valence-corrected chi connectivity index (χ1v) is 29.6. The van der Waals surface area contributed by atoms with Crippen LogP contribution in [-0.2, 0) is 14.3 Å². The number of hydrogen-bond donors (Lipinski definition) is 1. The Labute approximate surface area is 474 Å². The molecule has 10 rings (SSSR count). The Bertz CT molecular complexity index is 2760. The van der Waals surface area contributed by atoms with Crippen molar-refractivity contribution in [1.29, 1.82) is 0 Å². The van der Waals surface area contributed by atoms with Crippen molar-refractivity contribution in [1.82, 2.24) is 20.0 Å². The van der Waals surface area contributed by atoms with Crippen LogP contribution in [0.2, 0.25) is 10.0 Å². The van der Waals surface area contributed by atoms with Crippen LogP contribution < -0.4 is 5.32 Å². The van der Waals surface area contributed by atoms with Crippen molar-refractivity contribution in [3.8, 4) is 0 Å². The maximum absolute atomic E-state index is 13.3. The van der Waals surface area contributed by atoms with Gasteiger partial charge in [-0.25, -0.2) is 4.79 Å². The third-order valence-electron chi connectivity index (χ3n) is 15.0. The molecule has 2 aromatic carbocycles. The number of ether oxygens (including phenoxy) is 1. The molecule has 3 amide bonds. The highest BCUT2D eigenvalue weighted by Gasteiger charge is 2.34. The lowest BCUT2D eigenvalue weighted by atomic mass is 9.81. The Kier molecular flexibility index (Phi) is 17.8. The first-order valence-electron chi connectivity index (χ1n) is 25.6. The molecule has 6 heterocycles. The standard InChI is InChI=1S/C31H35Br2ClN3O3.C26H27Br2ClN3O/c1-31(2,3)40-30(39)37-10-6-19(7-11-37)14-26(38)36-12-8-20(9-13-36)28-27-21(16-24(34)17-25(27)33)4-5-22-15-23(32)18-35-29(22)28;27-20-12-19-2-1-18-13-21(29)14-22(28)24(18)25(26(19)31-15-20)17-5-9-32(10-6-17)23(33)11-16-3-7-30-8-4-16/h4-5,15-20H,6-14H2,1-3H3;1-2,12-17,30H,3-11H2/q2*-1. The zero-order chi connectivity index (χ0) is 51.6. The molecule has 0 unspecified atom stereocenters. The lowest BCUT2D eigenvalue weighted by molar-refractivity contribution is -0.134. The summed E-state index contributed by atoms with van der Waals surface area (Å²) >= 11 is 27.5. The van der Waals surface area contributed by atoms with Crippen LogP contribution in [0, 0.1) is 23.7 Å². The third kappa shape index (κ3) is 13.3. The number of allylic oxidation sites excluding steroid dienone is 8. The highest BCUT2D eigenvalue weighted by molar-refractivity contribution is 9.12. The molecule has 6 aliphatic heterocycles. The molecule has 0 spiro atoms. The second-order valence-corrected chi connectivity index (χ2v) is 25.6. The number of nitrogens with one attached hydrogen (secondary N) is 1. The van der Waals surface area contributed by atoms with Gasteiger partial charge in [-0.05, 0) is 199 Å². The van der Waals surface area contributed by atoms with Crippen molar-refractivity contribution in [2.24, 2.45) is 23.7 Å². The Hall–Kier alpha value is -3.37. The Balaban J connectivity index is 0.000000183. The molecule has 4 fully saturated rings. The van der Waals surface area contributed by atoms with Gasteiger partial charge in [-0.1, -0.05) is 111 Å². The van der Waals surface area contributed by atoms with E-state index < -0.39 is 5.60 Å². The predicted molar refractivity (Wildman–Crippen MR) is 311 cm³/mol. The molecule has 1 N–H and O–H groups in total. The van der Waals surface area contributed by atoms with Gasteiger partial charge >= 0.3 is 6.09 Å². The Morgan fingerprint density at radius 3 is 1.44 bits per heavy atom. The van der Waals surface area contributed by atoms with Crippen LogP contribution in [-0.4, -0.2) is 90.6 Å². The zero-order valence-corrected chi connectivity index (χ0v) is 49.5. The Morgan fingerprint density at radius 1 is 0.603 bits per heavy atom. The number of hydrogen-bond acceptors (Lipinski definition) is 5. The average Bonchev–Trinajstić information content (AvgIpc) is 3.62. The largest absolute Gasteiger partial charge is 0.662 e. The van der Waals surface area contributed by atoms with Gasteiger partial charge in [-0.3, -0.25) is 9.59 Å².